The number of esters is 1. The zero-order chi connectivity index (χ0) is 22.1. The lowest BCUT2D eigenvalue weighted by Crippen LogP contribution is -2.05. The molecule has 0 atom stereocenters. The molecule has 4 rings (SSSR count). The average Bonchev–Trinajstić information content (AvgIpc) is 2.99. The molecule has 7 heteroatoms. The van der Waals surface area contributed by atoms with Gasteiger partial charge in [0, 0.05) is 17.1 Å². The van der Waals surface area contributed by atoms with Crippen molar-refractivity contribution >= 4 is 28.5 Å². The standard InChI is InChI=1S/C24H23FN4O2/c1-5-31-24(30)17-6-10-19(11-7-17)28-22-21-14(2)15(3)29(23(21)27-16(4)26-22)20-12-8-18(25)9-13-20/h6-13H,5H2,1-4H3,(H,26,27,28). The molecule has 0 aliphatic rings. The number of nitrogens with one attached hydrogen (secondary N) is 1. The Hall–Kier alpha value is -3.74. The molecule has 0 aliphatic heterocycles. The molecule has 0 spiro atoms. The van der Waals surface area contributed by atoms with Gasteiger partial charge in [-0.15, -0.1) is 0 Å². The summed E-state index contributed by atoms with van der Waals surface area (Å²) in [6, 6.07) is 13.4. The van der Waals surface area contributed by atoms with Gasteiger partial charge in [-0.1, -0.05) is 0 Å². The van der Waals surface area contributed by atoms with Crippen molar-refractivity contribution in [3.8, 4) is 5.69 Å². The number of aryl methyl sites for hydroxylation is 2. The summed E-state index contributed by atoms with van der Waals surface area (Å²) in [5, 5.41) is 4.24. The lowest BCUT2D eigenvalue weighted by molar-refractivity contribution is 0.0526. The SMILES string of the molecule is CCOC(=O)c1ccc(Nc2nc(C)nc3c2c(C)c(C)n3-c2ccc(F)cc2)cc1. The van der Waals surface area contributed by atoms with Gasteiger partial charge < -0.3 is 10.1 Å². The summed E-state index contributed by atoms with van der Waals surface area (Å²) in [4.78, 5) is 21.2. The van der Waals surface area contributed by atoms with E-state index in [1.807, 2.05) is 37.5 Å². The third-order valence-corrected chi connectivity index (χ3v) is 5.21. The molecule has 158 valence electrons. The Bertz CT molecular complexity index is 1260. The average molecular weight is 418 g/mol. The Kier molecular flexibility index (Phi) is 5.42. The molecule has 0 aliphatic carbocycles. The third-order valence-electron chi connectivity index (χ3n) is 5.21. The highest BCUT2D eigenvalue weighted by Gasteiger charge is 2.19. The highest BCUT2D eigenvalue weighted by Crippen LogP contribution is 2.33. The Morgan fingerprint density at radius 2 is 1.71 bits per heavy atom. The number of hydrogen-bond acceptors (Lipinski definition) is 5. The van der Waals surface area contributed by atoms with E-state index in [2.05, 4.69) is 15.3 Å². The summed E-state index contributed by atoms with van der Waals surface area (Å²) in [5.74, 6) is 0.651. The Morgan fingerprint density at radius 3 is 2.35 bits per heavy atom. The molecular formula is C24H23FN4O2. The first kappa shape index (κ1) is 20.5. The van der Waals surface area contributed by atoms with Crippen molar-refractivity contribution < 1.29 is 13.9 Å². The van der Waals surface area contributed by atoms with E-state index in [0.29, 0.717) is 23.8 Å². The van der Waals surface area contributed by atoms with Crippen molar-refractivity contribution in [2.45, 2.75) is 27.7 Å². The van der Waals surface area contributed by atoms with E-state index in [-0.39, 0.29) is 11.8 Å². The summed E-state index contributed by atoms with van der Waals surface area (Å²) in [6.45, 7) is 7.97. The second-order valence-electron chi connectivity index (χ2n) is 7.26. The van der Waals surface area contributed by atoms with E-state index < -0.39 is 0 Å². The molecule has 2 aromatic carbocycles. The first-order valence-electron chi connectivity index (χ1n) is 10.1. The molecule has 0 fully saturated rings. The molecule has 6 nitrogen and oxygen atoms in total. The number of benzene rings is 2. The molecule has 2 aromatic heterocycles. The third kappa shape index (κ3) is 3.86. The van der Waals surface area contributed by atoms with Crippen LogP contribution in [0.1, 0.15) is 34.4 Å². The van der Waals surface area contributed by atoms with Crippen molar-refractivity contribution in [3.05, 3.63) is 77.0 Å². The van der Waals surface area contributed by atoms with Gasteiger partial charge in [0.25, 0.3) is 0 Å². The monoisotopic (exact) mass is 418 g/mol. The normalized spacial score (nSPS) is 11.0. The predicted molar refractivity (Wildman–Crippen MR) is 119 cm³/mol. The van der Waals surface area contributed by atoms with Gasteiger partial charge in [0.2, 0.25) is 0 Å². The number of aromatic nitrogens is 3. The lowest BCUT2D eigenvalue weighted by atomic mass is 10.2. The van der Waals surface area contributed by atoms with Gasteiger partial charge in [-0.3, -0.25) is 4.57 Å². The van der Waals surface area contributed by atoms with Crippen molar-refractivity contribution in [2.75, 3.05) is 11.9 Å². The molecule has 0 unspecified atom stereocenters. The van der Waals surface area contributed by atoms with E-state index in [4.69, 9.17) is 4.74 Å². The summed E-state index contributed by atoms with van der Waals surface area (Å²) in [6.07, 6.45) is 0. The Balaban J connectivity index is 1.78. The number of nitrogens with zero attached hydrogens (tertiary/aromatic N) is 3. The molecule has 0 saturated heterocycles. The van der Waals surface area contributed by atoms with E-state index >= 15 is 0 Å². The first-order valence-corrected chi connectivity index (χ1v) is 10.1. The molecular weight excluding hydrogens is 395 g/mol. The number of carbonyl (C=O) groups excluding carboxylic acids is 1. The minimum absolute atomic E-state index is 0.283. The van der Waals surface area contributed by atoms with Crippen LogP contribution in [0.3, 0.4) is 0 Å². The van der Waals surface area contributed by atoms with Crippen LogP contribution in [0.2, 0.25) is 0 Å². The fourth-order valence-corrected chi connectivity index (χ4v) is 3.61. The molecule has 0 amide bonds. The van der Waals surface area contributed by atoms with Crippen LogP contribution >= 0.6 is 0 Å². The fraction of sp³-hybridized carbons (Fsp3) is 0.208. The molecule has 0 saturated carbocycles. The van der Waals surface area contributed by atoms with E-state index in [0.717, 1.165) is 33.7 Å². The zero-order valence-electron chi connectivity index (χ0n) is 17.9. The van der Waals surface area contributed by atoms with Gasteiger partial charge in [0.1, 0.15) is 17.5 Å². The number of rotatable bonds is 5. The number of ether oxygens (including phenoxy) is 1. The fourth-order valence-electron chi connectivity index (χ4n) is 3.61. The van der Waals surface area contributed by atoms with Crippen LogP contribution in [0.15, 0.2) is 48.5 Å². The number of anilines is 2. The van der Waals surface area contributed by atoms with Crippen LogP contribution in [0.5, 0.6) is 0 Å². The van der Waals surface area contributed by atoms with E-state index in [1.165, 1.54) is 12.1 Å². The van der Waals surface area contributed by atoms with Gasteiger partial charge in [0.15, 0.2) is 5.65 Å². The highest BCUT2D eigenvalue weighted by atomic mass is 19.1. The number of fused-ring (bicyclic) bond motifs is 1. The molecule has 31 heavy (non-hydrogen) atoms. The summed E-state index contributed by atoms with van der Waals surface area (Å²) in [5.41, 5.74) is 4.90. The van der Waals surface area contributed by atoms with Crippen LogP contribution in [-0.4, -0.2) is 27.1 Å². The molecule has 0 bridgehead atoms. The second-order valence-corrected chi connectivity index (χ2v) is 7.26. The van der Waals surface area contributed by atoms with Crippen LogP contribution in [0, 0.1) is 26.6 Å². The summed E-state index contributed by atoms with van der Waals surface area (Å²) < 4.78 is 20.5. The van der Waals surface area contributed by atoms with E-state index in [1.54, 1.807) is 31.2 Å². The van der Waals surface area contributed by atoms with Crippen molar-refractivity contribution in [2.24, 2.45) is 0 Å². The van der Waals surface area contributed by atoms with Crippen LogP contribution in [-0.2, 0) is 4.74 Å². The predicted octanol–water partition coefficient (Wildman–Crippen LogP) is 5.41. The van der Waals surface area contributed by atoms with E-state index in [9.17, 15) is 9.18 Å². The Morgan fingerprint density at radius 1 is 1.03 bits per heavy atom. The maximum atomic E-state index is 13.4. The molecule has 2 heterocycles. The number of halogens is 1. The minimum atomic E-state index is -0.350. The number of hydrogen-bond donors (Lipinski definition) is 1. The van der Waals surface area contributed by atoms with Gasteiger partial charge in [-0.05, 0) is 81.8 Å². The van der Waals surface area contributed by atoms with Crippen LogP contribution < -0.4 is 5.32 Å². The molecule has 1 N–H and O–H groups in total. The first-order chi connectivity index (χ1) is 14.9. The van der Waals surface area contributed by atoms with Crippen LogP contribution in [0.25, 0.3) is 16.7 Å². The topological polar surface area (TPSA) is 69.0 Å². The second kappa shape index (κ2) is 8.18. The summed E-state index contributed by atoms with van der Waals surface area (Å²) in [7, 11) is 0. The van der Waals surface area contributed by atoms with Gasteiger partial charge >= 0.3 is 5.97 Å². The maximum absolute atomic E-state index is 13.4. The zero-order valence-corrected chi connectivity index (χ0v) is 17.9. The van der Waals surface area contributed by atoms with Crippen LogP contribution in [0.4, 0.5) is 15.9 Å². The van der Waals surface area contributed by atoms with Gasteiger partial charge in [0.05, 0.1) is 17.6 Å². The maximum Gasteiger partial charge on any atom is 0.338 e. The van der Waals surface area contributed by atoms with Gasteiger partial charge in [-0.2, -0.15) is 0 Å². The largest absolute Gasteiger partial charge is 0.462 e. The minimum Gasteiger partial charge on any atom is -0.462 e. The summed E-state index contributed by atoms with van der Waals surface area (Å²) >= 11 is 0. The quantitative estimate of drug-likeness (QED) is 0.439. The van der Waals surface area contributed by atoms with Gasteiger partial charge in [-0.25, -0.2) is 19.2 Å². The van der Waals surface area contributed by atoms with Crippen molar-refractivity contribution in [3.63, 3.8) is 0 Å². The highest BCUT2D eigenvalue weighted by molar-refractivity contribution is 5.95. The molecule has 0 radical (unpaired) electrons. The lowest BCUT2D eigenvalue weighted by Gasteiger charge is -2.11. The van der Waals surface area contributed by atoms with Crippen molar-refractivity contribution in [1.82, 2.24) is 14.5 Å². The smallest absolute Gasteiger partial charge is 0.338 e. The Labute approximate surface area is 179 Å². The molecule has 4 aromatic rings. The number of carbonyl (C=O) groups is 1. The van der Waals surface area contributed by atoms with Crippen molar-refractivity contribution in [1.29, 1.82) is 0 Å².